The molecular weight excluding hydrogens is 190 g/mol. The Kier molecular flexibility index (Phi) is 3.25. The molecule has 0 fully saturated rings. The van der Waals surface area contributed by atoms with Gasteiger partial charge in [0.15, 0.2) is 0 Å². The van der Waals surface area contributed by atoms with Gasteiger partial charge in [0.2, 0.25) is 0 Å². The van der Waals surface area contributed by atoms with Crippen LogP contribution in [-0.2, 0) is 16.0 Å². The van der Waals surface area contributed by atoms with Crippen molar-refractivity contribution >= 4 is 17.6 Å². The highest BCUT2D eigenvalue weighted by atomic mass is 35.5. The summed E-state index contributed by atoms with van der Waals surface area (Å²) in [7, 11) is 1.36. The van der Waals surface area contributed by atoms with Crippen molar-refractivity contribution in [2.75, 3.05) is 7.11 Å². The van der Waals surface area contributed by atoms with E-state index in [0.717, 1.165) is 11.1 Å². The molecule has 0 radical (unpaired) electrons. The van der Waals surface area contributed by atoms with Crippen molar-refractivity contribution in [1.82, 2.24) is 4.98 Å². The van der Waals surface area contributed by atoms with E-state index in [4.69, 9.17) is 11.6 Å². The molecule has 3 nitrogen and oxygen atoms in total. The average Bonchev–Trinajstić information content (AvgIpc) is 2.11. The van der Waals surface area contributed by atoms with Crippen LogP contribution in [0.5, 0.6) is 0 Å². The van der Waals surface area contributed by atoms with Gasteiger partial charge >= 0.3 is 5.97 Å². The van der Waals surface area contributed by atoms with Gasteiger partial charge in [-0.05, 0) is 24.1 Å². The Labute approximate surface area is 81.7 Å². The highest BCUT2D eigenvalue weighted by Gasteiger charge is 2.06. The third kappa shape index (κ3) is 2.70. The van der Waals surface area contributed by atoms with E-state index in [9.17, 15) is 4.79 Å². The lowest BCUT2D eigenvalue weighted by molar-refractivity contribution is -0.139. The Balaban J connectivity index is 2.87. The molecule has 1 aromatic rings. The van der Waals surface area contributed by atoms with E-state index in [1.165, 1.54) is 7.11 Å². The van der Waals surface area contributed by atoms with Crippen LogP contribution in [0, 0.1) is 6.92 Å². The fourth-order valence-corrected chi connectivity index (χ4v) is 1.13. The van der Waals surface area contributed by atoms with Crippen LogP contribution < -0.4 is 0 Å². The highest BCUT2D eigenvalue weighted by Crippen LogP contribution is 2.12. The monoisotopic (exact) mass is 199 g/mol. The third-order valence-corrected chi connectivity index (χ3v) is 1.95. The molecule has 0 aliphatic carbocycles. The second-order valence-corrected chi connectivity index (χ2v) is 3.07. The molecule has 1 aromatic heterocycles. The molecule has 1 rings (SSSR count). The maximum atomic E-state index is 11.0. The van der Waals surface area contributed by atoms with Crippen LogP contribution in [0.25, 0.3) is 0 Å². The van der Waals surface area contributed by atoms with Crippen LogP contribution in [0.2, 0.25) is 5.15 Å². The zero-order valence-corrected chi connectivity index (χ0v) is 8.26. The Hall–Kier alpha value is -1.09. The van der Waals surface area contributed by atoms with E-state index in [-0.39, 0.29) is 12.4 Å². The van der Waals surface area contributed by atoms with E-state index in [2.05, 4.69) is 9.72 Å². The number of hydrogen-bond acceptors (Lipinski definition) is 3. The smallest absolute Gasteiger partial charge is 0.309 e. The molecule has 0 amide bonds. The molecule has 0 aromatic carbocycles. The molecule has 0 saturated carbocycles. The van der Waals surface area contributed by atoms with Gasteiger partial charge in [0.25, 0.3) is 0 Å². The fraction of sp³-hybridized carbons (Fsp3) is 0.333. The minimum atomic E-state index is -0.273. The van der Waals surface area contributed by atoms with Crippen molar-refractivity contribution in [1.29, 1.82) is 0 Å². The van der Waals surface area contributed by atoms with Crippen molar-refractivity contribution in [2.45, 2.75) is 13.3 Å². The van der Waals surface area contributed by atoms with Gasteiger partial charge in [-0.15, -0.1) is 0 Å². The van der Waals surface area contributed by atoms with Gasteiger partial charge in [-0.2, -0.15) is 0 Å². The molecule has 0 unspecified atom stereocenters. The Morgan fingerprint density at radius 1 is 1.69 bits per heavy atom. The number of rotatable bonds is 2. The highest BCUT2D eigenvalue weighted by molar-refractivity contribution is 6.29. The fourth-order valence-electron chi connectivity index (χ4n) is 0.954. The molecular formula is C9H10ClNO2. The lowest BCUT2D eigenvalue weighted by atomic mass is 10.1. The number of carbonyl (C=O) groups is 1. The van der Waals surface area contributed by atoms with E-state index >= 15 is 0 Å². The zero-order valence-electron chi connectivity index (χ0n) is 7.50. The number of esters is 1. The van der Waals surface area contributed by atoms with Gasteiger partial charge in [0, 0.05) is 6.20 Å². The summed E-state index contributed by atoms with van der Waals surface area (Å²) in [5.74, 6) is -0.273. The Bertz CT molecular complexity index is 325. The second-order valence-electron chi connectivity index (χ2n) is 2.69. The summed E-state index contributed by atoms with van der Waals surface area (Å²) >= 11 is 5.68. The third-order valence-electron chi connectivity index (χ3n) is 1.74. The van der Waals surface area contributed by atoms with Crippen molar-refractivity contribution in [3.63, 3.8) is 0 Å². The normalized spacial score (nSPS) is 9.77. The van der Waals surface area contributed by atoms with Gasteiger partial charge < -0.3 is 4.74 Å². The summed E-state index contributed by atoms with van der Waals surface area (Å²) in [5.41, 5.74) is 1.79. The minimum absolute atomic E-state index is 0.241. The molecule has 13 heavy (non-hydrogen) atoms. The van der Waals surface area contributed by atoms with Gasteiger partial charge in [-0.3, -0.25) is 4.79 Å². The number of methoxy groups -OCH3 is 1. The number of hydrogen-bond donors (Lipinski definition) is 0. The van der Waals surface area contributed by atoms with E-state index in [1.807, 2.05) is 6.92 Å². The lowest BCUT2D eigenvalue weighted by Crippen LogP contribution is -2.06. The quantitative estimate of drug-likeness (QED) is 0.538. The Morgan fingerprint density at radius 3 is 3.00 bits per heavy atom. The van der Waals surface area contributed by atoms with Crippen molar-refractivity contribution in [2.24, 2.45) is 0 Å². The van der Waals surface area contributed by atoms with Crippen molar-refractivity contribution in [3.05, 3.63) is 28.5 Å². The summed E-state index contributed by atoms with van der Waals surface area (Å²) in [6, 6.07) is 1.67. The van der Waals surface area contributed by atoms with Gasteiger partial charge in [0.1, 0.15) is 5.15 Å². The van der Waals surface area contributed by atoms with E-state index in [0.29, 0.717) is 5.15 Å². The van der Waals surface area contributed by atoms with Gasteiger partial charge in [-0.25, -0.2) is 4.98 Å². The van der Waals surface area contributed by atoms with E-state index < -0.39 is 0 Å². The van der Waals surface area contributed by atoms with Crippen LogP contribution in [0.4, 0.5) is 0 Å². The first-order chi connectivity index (χ1) is 6.13. The first-order valence-electron chi connectivity index (χ1n) is 3.81. The standard InChI is InChI=1S/C9H10ClNO2/c1-6-5-11-8(10)3-7(6)4-9(12)13-2/h3,5H,4H2,1-2H3. The molecule has 4 heteroatoms. The van der Waals surface area contributed by atoms with Crippen LogP contribution >= 0.6 is 11.6 Å². The summed E-state index contributed by atoms with van der Waals surface area (Å²) in [6.07, 6.45) is 1.88. The number of pyridine rings is 1. The number of nitrogens with zero attached hydrogens (tertiary/aromatic N) is 1. The topological polar surface area (TPSA) is 39.2 Å². The zero-order chi connectivity index (χ0) is 9.84. The van der Waals surface area contributed by atoms with Crippen LogP contribution in [-0.4, -0.2) is 18.1 Å². The Morgan fingerprint density at radius 2 is 2.38 bits per heavy atom. The van der Waals surface area contributed by atoms with Gasteiger partial charge in [0.05, 0.1) is 13.5 Å². The minimum Gasteiger partial charge on any atom is -0.469 e. The molecule has 70 valence electrons. The predicted molar refractivity (Wildman–Crippen MR) is 49.7 cm³/mol. The molecule has 0 N–H and O–H groups in total. The largest absolute Gasteiger partial charge is 0.469 e. The van der Waals surface area contributed by atoms with Crippen LogP contribution in [0.3, 0.4) is 0 Å². The SMILES string of the molecule is COC(=O)Cc1cc(Cl)ncc1C. The second kappa shape index (κ2) is 4.23. The summed E-state index contributed by atoms with van der Waals surface area (Å²) < 4.78 is 4.55. The molecule has 0 aliphatic rings. The van der Waals surface area contributed by atoms with Crippen LogP contribution in [0.15, 0.2) is 12.3 Å². The number of halogens is 1. The van der Waals surface area contributed by atoms with E-state index in [1.54, 1.807) is 12.3 Å². The lowest BCUT2D eigenvalue weighted by Gasteiger charge is -2.03. The molecule has 0 atom stereocenters. The molecule has 0 bridgehead atoms. The van der Waals surface area contributed by atoms with Crippen LogP contribution in [0.1, 0.15) is 11.1 Å². The first kappa shape index (κ1) is 9.99. The number of carbonyl (C=O) groups excluding carboxylic acids is 1. The predicted octanol–water partition coefficient (Wildman–Crippen LogP) is 1.76. The number of aryl methyl sites for hydroxylation is 1. The number of aromatic nitrogens is 1. The first-order valence-corrected chi connectivity index (χ1v) is 4.19. The molecule has 0 saturated heterocycles. The van der Waals surface area contributed by atoms with Crippen molar-refractivity contribution < 1.29 is 9.53 Å². The average molecular weight is 200 g/mol. The van der Waals surface area contributed by atoms with Crippen molar-refractivity contribution in [3.8, 4) is 0 Å². The maximum Gasteiger partial charge on any atom is 0.309 e. The molecule has 0 aliphatic heterocycles. The summed E-state index contributed by atoms with van der Waals surface area (Å²) in [5, 5.41) is 0.393. The number of ether oxygens (including phenoxy) is 1. The van der Waals surface area contributed by atoms with Gasteiger partial charge in [-0.1, -0.05) is 11.6 Å². The summed E-state index contributed by atoms with van der Waals surface area (Å²) in [4.78, 5) is 14.8. The molecule has 0 spiro atoms. The molecule has 1 heterocycles. The summed E-state index contributed by atoms with van der Waals surface area (Å²) in [6.45, 7) is 1.88. The maximum absolute atomic E-state index is 11.0.